The Hall–Kier alpha value is -3.45. The second-order valence-electron chi connectivity index (χ2n) is 5.90. The van der Waals surface area contributed by atoms with E-state index in [0.717, 1.165) is 5.56 Å². The molecule has 0 spiro atoms. The maximum Gasteiger partial charge on any atom is 0.270 e. The van der Waals surface area contributed by atoms with E-state index in [0.29, 0.717) is 34.9 Å². The normalized spacial score (nSPS) is 10.9. The average molecular weight is 398 g/mol. The Morgan fingerprint density at radius 1 is 1.18 bits per heavy atom. The van der Waals surface area contributed by atoms with Crippen LogP contribution < -0.4 is 5.43 Å². The van der Waals surface area contributed by atoms with E-state index in [1.165, 1.54) is 24.4 Å². The average Bonchev–Trinajstić information content (AvgIpc) is 3.16. The Morgan fingerprint density at radius 3 is 2.71 bits per heavy atom. The second kappa shape index (κ2) is 8.96. The monoisotopic (exact) mass is 397 g/mol. The van der Waals surface area contributed by atoms with Gasteiger partial charge in [0, 0.05) is 24.1 Å². The van der Waals surface area contributed by atoms with Crippen molar-refractivity contribution in [1.29, 1.82) is 0 Å². The molecule has 1 N–H and O–H groups in total. The van der Waals surface area contributed by atoms with Crippen LogP contribution in [0.15, 0.2) is 70.2 Å². The lowest BCUT2D eigenvalue weighted by atomic mass is 10.1. The number of carbonyl (C=O) groups excluding carboxylic acids is 1. The predicted molar refractivity (Wildman–Crippen MR) is 106 cm³/mol. The Morgan fingerprint density at radius 2 is 1.96 bits per heavy atom. The van der Waals surface area contributed by atoms with E-state index in [1.807, 2.05) is 30.3 Å². The van der Waals surface area contributed by atoms with Crippen LogP contribution in [0.25, 0.3) is 11.3 Å². The molecule has 0 fully saturated rings. The molecule has 3 aromatic rings. The van der Waals surface area contributed by atoms with Crippen molar-refractivity contribution in [3.63, 3.8) is 0 Å². The number of carbonyl (C=O) groups is 1. The Labute approximate surface area is 165 Å². The van der Waals surface area contributed by atoms with E-state index in [-0.39, 0.29) is 11.6 Å². The zero-order chi connectivity index (χ0) is 19.9. The van der Waals surface area contributed by atoms with Crippen LogP contribution in [0.2, 0.25) is 5.02 Å². The SMILES string of the molecule is O=C(CCc1ccccc1)N/N=C\c1ccc(-c2cc([N+](=O)[O-])ccc2Cl)o1. The van der Waals surface area contributed by atoms with E-state index in [9.17, 15) is 14.9 Å². The predicted octanol–water partition coefficient (Wildman–Crippen LogP) is 4.59. The quantitative estimate of drug-likeness (QED) is 0.358. The third-order valence-electron chi connectivity index (χ3n) is 3.92. The van der Waals surface area contributed by atoms with Crippen LogP contribution in [0.1, 0.15) is 17.7 Å². The third kappa shape index (κ3) is 5.05. The van der Waals surface area contributed by atoms with Gasteiger partial charge in [0.1, 0.15) is 11.5 Å². The summed E-state index contributed by atoms with van der Waals surface area (Å²) in [5.74, 6) is 0.528. The minimum absolute atomic E-state index is 0.0864. The summed E-state index contributed by atoms with van der Waals surface area (Å²) in [5.41, 5.74) is 3.83. The highest BCUT2D eigenvalue weighted by Crippen LogP contribution is 2.32. The molecule has 8 heteroatoms. The summed E-state index contributed by atoms with van der Waals surface area (Å²) in [6, 6.07) is 17.1. The molecule has 0 aliphatic rings. The van der Waals surface area contributed by atoms with Gasteiger partial charge in [0.05, 0.1) is 16.2 Å². The van der Waals surface area contributed by atoms with Crippen LogP contribution in [0.4, 0.5) is 5.69 Å². The van der Waals surface area contributed by atoms with Gasteiger partial charge in [-0.25, -0.2) is 5.43 Å². The molecule has 0 aliphatic carbocycles. The lowest BCUT2D eigenvalue weighted by Crippen LogP contribution is -2.17. The fraction of sp³-hybridized carbons (Fsp3) is 0.100. The molecule has 0 atom stereocenters. The molecule has 28 heavy (non-hydrogen) atoms. The van der Waals surface area contributed by atoms with E-state index < -0.39 is 4.92 Å². The summed E-state index contributed by atoms with van der Waals surface area (Å²) in [7, 11) is 0. The molecule has 3 rings (SSSR count). The number of aryl methyl sites for hydroxylation is 1. The highest BCUT2D eigenvalue weighted by atomic mass is 35.5. The number of amides is 1. The van der Waals surface area contributed by atoms with Crippen molar-refractivity contribution in [3.8, 4) is 11.3 Å². The van der Waals surface area contributed by atoms with Crippen molar-refractivity contribution >= 4 is 29.4 Å². The van der Waals surface area contributed by atoms with E-state index in [4.69, 9.17) is 16.0 Å². The molecule has 0 saturated heterocycles. The molecular weight excluding hydrogens is 382 g/mol. The number of nitro groups is 1. The number of nitro benzene ring substituents is 1. The lowest BCUT2D eigenvalue weighted by Gasteiger charge is -2.01. The summed E-state index contributed by atoms with van der Waals surface area (Å²) in [6.07, 6.45) is 2.29. The summed E-state index contributed by atoms with van der Waals surface area (Å²) < 4.78 is 5.59. The smallest absolute Gasteiger partial charge is 0.270 e. The number of rotatable bonds is 7. The van der Waals surface area contributed by atoms with Crippen molar-refractivity contribution in [2.75, 3.05) is 0 Å². The van der Waals surface area contributed by atoms with Gasteiger partial charge in [-0.05, 0) is 30.2 Å². The molecule has 1 amide bonds. The van der Waals surface area contributed by atoms with E-state index in [2.05, 4.69) is 10.5 Å². The third-order valence-corrected chi connectivity index (χ3v) is 4.25. The second-order valence-corrected chi connectivity index (χ2v) is 6.31. The van der Waals surface area contributed by atoms with Crippen LogP contribution >= 0.6 is 11.6 Å². The molecule has 1 heterocycles. The number of hydrazone groups is 1. The fourth-order valence-corrected chi connectivity index (χ4v) is 2.72. The molecule has 0 radical (unpaired) electrons. The first-order valence-electron chi connectivity index (χ1n) is 8.43. The zero-order valence-electron chi connectivity index (χ0n) is 14.7. The van der Waals surface area contributed by atoms with Crippen LogP contribution in [0, 0.1) is 10.1 Å². The summed E-state index contributed by atoms with van der Waals surface area (Å²) in [4.78, 5) is 22.3. The minimum atomic E-state index is -0.504. The number of furan rings is 1. The molecule has 0 saturated carbocycles. The first kappa shape index (κ1) is 19.3. The van der Waals surface area contributed by atoms with Gasteiger partial charge < -0.3 is 4.42 Å². The largest absolute Gasteiger partial charge is 0.455 e. The van der Waals surface area contributed by atoms with Gasteiger partial charge in [0.25, 0.3) is 5.69 Å². The molecule has 7 nitrogen and oxygen atoms in total. The van der Waals surface area contributed by atoms with E-state index >= 15 is 0 Å². The van der Waals surface area contributed by atoms with Crippen LogP contribution in [0.5, 0.6) is 0 Å². The number of hydrogen-bond acceptors (Lipinski definition) is 5. The van der Waals surface area contributed by atoms with Gasteiger partial charge in [-0.1, -0.05) is 41.9 Å². The Bertz CT molecular complexity index is 1020. The van der Waals surface area contributed by atoms with Gasteiger partial charge in [0.2, 0.25) is 5.91 Å². The maximum absolute atomic E-state index is 11.8. The molecule has 1 aromatic heterocycles. The number of non-ortho nitro benzene ring substituents is 1. The van der Waals surface area contributed by atoms with Crippen molar-refractivity contribution in [2.45, 2.75) is 12.8 Å². The molecule has 0 unspecified atom stereocenters. The van der Waals surface area contributed by atoms with Gasteiger partial charge in [-0.15, -0.1) is 0 Å². The summed E-state index contributed by atoms with van der Waals surface area (Å²) in [5, 5.41) is 15.1. The molecule has 0 aliphatic heterocycles. The molecule has 2 aromatic carbocycles. The van der Waals surface area contributed by atoms with Gasteiger partial charge in [-0.3, -0.25) is 14.9 Å². The van der Waals surface area contributed by atoms with E-state index in [1.54, 1.807) is 12.1 Å². The summed E-state index contributed by atoms with van der Waals surface area (Å²) >= 11 is 6.10. The van der Waals surface area contributed by atoms with Crippen molar-refractivity contribution in [1.82, 2.24) is 5.43 Å². The van der Waals surface area contributed by atoms with Crippen LogP contribution in [-0.2, 0) is 11.2 Å². The Balaban J connectivity index is 1.59. The topological polar surface area (TPSA) is 97.7 Å². The molecule has 0 bridgehead atoms. The van der Waals surface area contributed by atoms with Crippen LogP contribution in [-0.4, -0.2) is 17.0 Å². The van der Waals surface area contributed by atoms with Crippen molar-refractivity contribution < 1.29 is 14.1 Å². The highest BCUT2D eigenvalue weighted by Gasteiger charge is 2.14. The Kier molecular flexibility index (Phi) is 6.18. The fourth-order valence-electron chi connectivity index (χ4n) is 2.51. The number of halogens is 1. The zero-order valence-corrected chi connectivity index (χ0v) is 15.4. The maximum atomic E-state index is 11.8. The van der Waals surface area contributed by atoms with Crippen LogP contribution in [0.3, 0.4) is 0 Å². The summed E-state index contributed by atoms with van der Waals surface area (Å²) in [6.45, 7) is 0. The van der Waals surface area contributed by atoms with Crippen molar-refractivity contribution in [2.24, 2.45) is 5.10 Å². The minimum Gasteiger partial charge on any atom is -0.455 e. The molecular formula is C20H16ClN3O4. The standard InChI is InChI=1S/C20H16ClN3O4/c21-18-9-7-15(24(26)27)12-17(18)19-10-8-16(28-19)13-22-23-20(25)11-6-14-4-2-1-3-5-14/h1-5,7-10,12-13H,6,11H2,(H,23,25)/b22-13-. The number of benzene rings is 2. The molecule has 142 valence electrons. The van der Waals surface area contributed by atoms with Gasteiger partial charge >= 0.3 is 0 Å². The lowest BCUT2D eigenvalue weighted by molar-refractivity contribution is -0.384. The highest BCUT2D eigenvalue weighted by molar-refractivity contribution is 6.33. The van der Waals surface area contributed by atoms with Gasteiger partial charge in [-0.2, -0.15) is 5.10 Å². The van der Waals surface area contributed by atoms with Crippen molar-refractivity contribution in [3.05, 3.63) is 87.1 Å². The van der Waals surface area contributed by atoms with Gasteiger partial charge in [0.15, 0.2) is 0 Å². The first-order chi connectivity index (χ1) is 13.5. The number of nitrogens with one attached hydrogen (secondary N) is 1. The first-order valence-corrected chi connectivity index (χ1v) is 8.81. The number of nitrogens with zero attached hydrogens (tertiary/aromatic N) is 2. The number of hydrogen-bond donors (Lipinski definition) is 1.